The molecule has 3 aromatic rings. The van der Waals surface area contributed by atoms with Crippen LogP contribution in [0.15, 0.2) is 65.7 Å². The number of hydrogen-bond acceptors (Lipinski definition) is 4. The SMILES string of the molecule is CC(C)c1ccc(NC(=O)NCCn2nc(-c3cccnc3)ccc2=O)cc1. The van der Waals surface area contributed by atoms with Gasteiger partial charge in [0.25, 0.3) is 5.56 Å². The topological polar surface area (TPSA) is 88.9 Å². The van der Waals surface area contributed by atoms with Crippen LogP contribution in [0.5, 0.6) is 0 Å². The van der Waals surface area contributed by atoms with Crippen molar-refractivity contribution in [1.82, 2.24) is 20.1 Å². The minimum absolute atomic E-state index is 0.223. The van der Waals surface area contributed by atoms with Crippen LogP contribution in [0.4, 0.5) is 10.5 Å². The maximum absolute atomic E-state index is 12.1. The van der Waals surface area contributed by atoms with Crippen LogP contribution in [0.2, 0.25) is 0 Å². The number of hydrogen-bond donors (Lipinski definition) is 2. The monoisotopic (exact) mass is 377 g/mol. The summed E-state index contributed by atoms with van der Waals surface area (Å²) < 4.78 is 1.33. The van der Waals surface area contributed by atoms with E-state index in [-0.39, 0.29) is 24.7 Å². The molecule has 7 heteroatoms. The molecular weight excluding hydrogens is 354 g/mol. The highest BCUT2D eigenvalue weighted by molar-refractivity contribution is 5.89. The Morgan fingerprint density at radius 3 is 2.57 bits per heavy atom. The first-order chi connectivity index (χ1) is 13.5. The van der Waals surface area contributed by atoms with E-state index >= 15 is 0 Å². The highest BCUT2D eigenvalue weighted by atomic mass is 16.2. The van der Waals surface area contributed by atoms with Gasteiger partial charge in [-0.05, 0) is 41.8 Å². The number of carbonyl (C=O) groups is 1. The molecule has 0 spiro atoms. The lowest BCUT2D eigenvalue weighted by molar-refractivity contribution is 0.251. The molecule has 144 valence electrons. The van der Waals surface area contributed by atoms with Crippen molar-refractivity contribution in [3.8, 4) is 11.3 Å². The second-order valence-corrected chi connectivity index (χ2v) is 6.68. The van der Waals surface area contributed by atoms with Gasteiger partial charge in [-0.15, -0.1) is 0 Å². The van der Waals surface area contributed by atoms with Gasteiger partial charge >= 0.3 is 6.03 Å². The molecule has 7 nitrogen and oxygen atoms in total. The van der Waals surface area contributed by atoms with E-state index in [2.05, 4.69) is 34.6 Å². The predicted octanol–water partition coefficient (Wildman–Crippen LogP) is 3.25. The van der Waals surface area contributed by atoms with E-state index in [4.69, 9.17) is 0 Å². The first kappa shape index (κ1) is 19.3. The maximum atomic E-state index is 12.1. The van der Waals surface area contributed by atoms with E-state index in [1.807, 2.05) is 36.4 Å². The van der Waals surface area contributed by atoms with Crippen LogP contribution < -0.4 is 16.2 Å². The molecule has 28 heavy (non-hydrogen) atoms. The average molecular weight is 377 g/mol. The number of anilines is 1. The Morgan fingerprint density at radius 1 is 1.11 bits per heavy atom. The second kappa shape index (κ2) is 8.94. The van der Waals surface area contributed by atoms with Gasteiger partial charge < -0.3 is 10.6 Å². The molecule has 0 aliphatic heterocycles. The summed E-state index contributed by atoms with van der Waals surface area (Å²) >= 11 is 0. The highest BCUT2D eigenvalue weighted by Gasteiger charge is 2.06. The molecule has 1 aromatic carbocycles. The Balaban J connectivity index is 1.56. The van der Waals surface area contributed by atoms with Gasteiger partial charge in [-0.2, -0.15) is 5.10 Å². The zero-order chi connectivity index (χ0) is 19.9. The fourth-order valence-corrected chi connectivity index (χ4v) is 2.68. The molecule has 0 radical (unpaired) electrons. The van der Waals surface area contributed by atoms with E-state index in [1.54, 1.807) is 18.5 Å². The van der Waals surface area contributed by atoms with Crippen molar-refractivity contribution in [3.63, 3.8) is 0 Å². The number of nitrogens with one attached hydrogen (secondary N) is 2. The number of nitrogens with zero attached hydrogens (tertiary/aromatic N) is 3. The summed E-state index contributed by atoms with van der Waals surface area (Å²) in [6.45, 7) is 4.79. The average Bonchev–Trinajstić information content (AvgIpc) is 2.70. The summed E-state index contributed by atoms with van der Waals surface area (Å²) in [6.07, 6.45) is 3.37. The van der Waals surface area contributed by atoms with Crippen LogP contribution >= 0.6 is 0 Å². The van der Waals surface area contributed by atoms with Crippen molar-refractivity contribution in [2.24, 2.45) is 0 Å². The lowest BCUT2D eigenvalue weighted by Crippen LogP contribution is -2.34. The minimum atomic E-state index is -0.325. The molecule has 0 fully saturated rings. The number of urea groups is 1. The fourth-order valence-electron chi connectivity index (χ4n) is 2.68. The standard InChI is InChI=1S/C21H23N5O2/c1-15(2)16-5-7-18(8-6-16)24-21(28)23-12-13-26-20(27)10-9-19(25-26)17-4-3-11-22-14-17/h3-11,14-15H,12-13H2,1-2H3,(H2,23,24,28). The number of carbonyl (C=O) groups excluding carboxylic acids is 1. The Bertz CT molecular complexity index is 982. The van der Waals surface area contributed by atoms with E-state index in [0.29, 0.717) is 11.6 Å². The van der Waals surface area contributed by atoms with E-state index in [9.17, 15) is 9.59 Å². The number of benzene rings is 1. The third kappa shape index (κ3) is 5.03. The van der Waals surface area contributed by atoms with Gasteiger partial charge in [-0.3, -0.25) is 9.78 Å². The molecule has 0 unspecified atom stereocenters. The lowest BCUT2D eigenvalue weighted by Gasteiger charge is -2.10. The maximum Gasteiger partial charge on any atom is 0.319 e. The van der Waals surface area contributed by atoms with Gasteiger partial charge in [-0.25, -0.2) is 9.48 Å². The van der Waals surface area contributed by atoms with Crippen LogP contribution in [-0.4, -0.2) is 27.3 Å². The first-order valence-corrected chi connectivity index (χ1v) is 9.16. The lowest BCUT2D eigenvalue weighted by atomic mass is 10.0. The van der Waals surface area contributed by atoms with Crippen molar-refractivity contribution < 1.29 is 4.79 Å². The molecule has 2 aromatic heterocycles. The molecule has 2 heterocycles. The largest absolute Gasteiger partial charge is 0.336 e. The molecule has 0 aliphatic rings. The third-order valence-corrected chi connectivity index (χ3v) is 4.27. The number of amides is 2. The van der Waals surface area contributed by atoms with E-state index < -0.39 is 0 Å². The molecule has 0 bridgehead atoms. The first-order valence-electron chi connectivity index (χ1n) is 9.16. The smallest absolute Gasteiger partial charge is 0.319 e. The van der Waals surface area contributed by atoms with E-state index in [0.717, 1.165) is 11.3 Å². The summed E-state index contributed by atoms with van der Waals surface area (Å²) in [6, 6.07) is 14.2. The van der Waals surface area contributed by atoms with Gasteiger partial charge in [0.2, 0.25) is 0 Å². The predicted molar refractivity (Wildman–Crippen MR) is 109 cm³/mol. The number of pyridine rings is 1. The number of rotatable bonds is 6. The van der Waals surface area contributed by atoms with Crippen LogP contribution in [0.3, 0.4) is 0 Å². The van der Waals surface area contributed by atoms with Gasteiger partial charge in [-0.1, -0.05) is 26.0 Å². The molecule has 0 saturated carbocycles. The normalized spacial score (nSPS) is 10.7. The quantitative estimate of drug-likeness (QED) is 0.690. The zero-order valence-electron chi connectivity index (χ0n) is 15.9. The van der Waals surface area contributed by atoms with Crippen molar-refractivity contribution in [2.45, 2.75) is 26.3 Å². The van der Waals surface area contributed by atoms with Crippen molar-refractivity contribution >= 4 is 11.7 Å². The van der Waals surface area contributed by atoms with Crippen molar-refractivity contribution in [1.29, 1.82) is 0 Å². The Kier molecular flexibility index (Phi) is 6.16. The second-order valence-electron chi connectivity index (χ2n) is 6.68. The van der Waals surface area contributed by atoms with Crippen molar-refractivity contribution in [2.75, 3.05) is 11.9 Å². The fraction of sp³-hybridized carbons (Fsp3) is 0.238. The Hall–Kier alpha value is -3.48. The molecule has 3 rings (SSSR count). The van der Waals surface area contributed by atoms with Gasteiger partial charge in [0.15, 0.2) is 0 Å². The van der Waals surface area contributed by atoms with Crippen LogP contribution in [0.1, 0.15) is 25.3 Å². The molecule has 0 atom stereocenters. The number of aromatic nitrogens is 3. The summed E-state index contributed by atoms with van der Waals surface area (Å²) in [5, 5.41) is 9.86. The van der Waals surface area contributed by atoms with Crippen molar-refractivity contribution in [3.05, 3.63) is 76.8 Å². The van der Waals surface area contributed by atoms with Crippen LogP contribution in [-0.2, 0) is 6.54 Å². The molecule has 2 N–H and O–H groups in total. The molecule has 0 saturated heterocycles. The molecule has 0 aliphatic carbocycles. The van der Waals surface area contributed by atoms with Crippen LogP contribution in [0, 0.1) is 0 Å². The van der Waals surface area contributed by atoms with Crippen LogP contribution in [0.25, 0.3) is 11.3 Å². The minimum Gasteiger partial charge on any atom is -0.336 e. The highest BCUT2D eigenvalue weighted by Crippen LogP contribution is 2.17. The zero-order valence-corrected chi connectivity index (χ0v) is 15.9. The summed E-state index contributed by atoms with van der Waals surface area (Å²) in [5.74, 6) is 0.441. The molecular formula is C21H23N5O2. The van der Waals surface area contributed by atoms with E-state index in [1.165, 1.54) is 16.3 Å². The third-order valence-electron chi connectivity index (χ3n) is 4.27. The van der Waals surface area contributed by atoms with Gasteiger partial charge in [0, 0.05) is 36.3 Å². The summed E-state index contributed by atoms with van der Waals surface area (Å²) in [5.41, 5.74) is 3.19. The summed E-state index contributed by atoms with van der Waals surface area (Å²) in [7, 11) is 0. The molecule has 2 amide bonds. The van der Waals surface area contributed by atoms with Gasteiger partial charge in [0.05, 0.1) is 12.2 Å². The Morgan fingerprint density at radius 2 is 1.89 bits per heavy atom. The Labute approximate surface area is 163 Å². The summed E-state index contributed by atoms with van der Waals surface area (Å²) in [4.78, 5) is 28.1. The van der Waals surface area contributed by atoms with Gasteiger partial charge in [0.1, 0.15) is 0 Å².